The minimum atomic E-state index is -0.696. The van der Waals surface area contributed by atoms with Gasteiger partial charge in [0.2, 0.25) is 5.91 Å². The van der Waals surface area contributed by atoms with E-state index in [1.165, 1.54) is 11.8 Å². The van der Waals surface area contributed by atoms with Gasteiger partial charge in [-0.2, -0.15) is 0 Å². The molecule has 1 rings (SSSR count). The lowest BCUT2D eigenvalue weighted by Gasteiger charge is -2.31. The number of hydrogen-bond acceptors (Lipinski definition) is 3. The molecule has 20 heavy (non-hydrogen) atoms. The molecule has 1 aromatic rings. The molecule has 0 aliphatic heterocycles. The molecule has 0 radical (unpaired) electrons. The maximum Gasteiger partial charge on any atom is 0.334 e. The highest BCUT2D eigenvalue weighted by molar-refractivity contribution is 5.84. The molecular weight excluding hydrogens is 254 g/mol. The third kappa shape index (κ3) is 4.37. The maximum absolute atomic E-state index is 12.4. The molecular formula is C16H23NO3. The molecule has 0 bridgehead atoms. The number of ether oxygens (including phenoxy) is 1. The quantitative estimate of drug-likeness (QED) is 0.795. The normalized spacial score (nSPS) is 12.7. The van der Waals surface area contributed by atoms with Crippen molar-refractivity contribution in [2.24, 2.45) is 0 Å². The highest BCUT2D eigenvalue weighted by atomic mass is 16.6. The van der Waals surface area contributed by atoms with Gasteiger partial charge in [0.1, 0.15) is 5.60 Å². The van der Waals surface area contributed by atoms with Crippen LogP contribution in [0.15, 0.2) is 30.3 Å². The van der Waals surface area contributed by atoms with Gasteiger partial charge in [0.25, 0.3) is 0 Å². The number of hydrogen-bond donors (Lipinski definition) is 0. The highest BCUT2D eigenvalue weighted by Gasteiger charge is 2.32. The fourth-order valence-electron chi connectivity index (χ4n) is 2.02. The van der Waals surface area contributed by atoms with E-state index in [-0.39, 0.29) is 5.91 Å². The van der Waals surface area contributed by atoms with Crippen LogP contribution in [0, 0.1) is 0 Å². The van der Waals surface area contributed by atoms with Gasteiger partial charge >= 0.3 is 5.97 Å². The van der Waals surface area contributed by atoms with Crippen molar-refractivity contribution in [3.8, 4) is 0 Å². The minimum Gasteiger partial charge on any atom is -0.458 e. The number of carbonyl (C=O) groups excluding carboxylic acids is 2. The van der Waals surface area contributed by atoms with Crippen molar-refractivity contribution in [1.82, 2.24) is 4.90 Å². The minimum absolute atomic E-state index is 0.146. The van der Waals surface area contributed by atoms with Crippen LogP contribution in [0.5, 0.6) is 0 Å². The Bertz CT molecular complexity index is 462. The summed E-state index contributed by atoms with van der Waals surface area (Å²) in [5.41, 5.74) is 0.180. The van der Waals surface area contributed by atoms with Crippen molar-refractivity contribution in [2.45, 2.75) is 46.3 Å². The molecule has 1 aromatic carbocycles. The second-order valence-corrected chi connectivity index (χ2v) is 5.65. The van der Waals surface area contributed by atoms with Crippen molar-refractivity contribution in [3.05, 3.63) is 35.9 Å². The standard InChI is InChI=1S/C16H23NO3/c1-6-17(12(2)18)14(13-10-8-7-9-11-13)15(19)20-16(3,4)5/h7-11,14H,6H2,1-5H3/t14-/m1/s1. The maximum atomic E-state index is 12.4. The number of benzene rings is 1. The smallest absolute Gasteiger partial charge is 0.334 e. The molecule has 0 aliphatic rings. The van der Waals surface area contributed by atoms with Crippen LogP contribution in [0.2, 0.25) is 0 Å². The van der Waals surface area contributed by atoms with Crippen LogP contribution in [-0.4, -0.2) is 28.9 Å². The van der Waals surface area contributed by atoms with Gasteiger partial charge in [0, 0.05) is 13.5 Å². The Balaban J connectivity index is 3.14. The van der Waals surface area contributed by atoms with Crippen LogP contribution >= 0.6 is 0 Å². The van der Waals surface area contributed by atoms with Gasteiger partial charge in [-0.25, -0.2) is 4.79 Å². The average molecular weight is 277 g/mol. The van der Waals surface area contributed by atoms with Gasteiger partial charge in [0.05, 0.1) is 0 Å². The van der Waals surface area contributed by atoms with Crippen molar-refractivity contribution in [2.75, 3.05) is 6.54 Å². The summed E-state index contributed by atoms with van der Waals surface area (Å²) in [4.78, 5) is 25.7. The Hall–Kier alpha value is -1.84. The summed E-state index contributed by atoms with van der Waals surface area (Å²) in [5.74, 6) is -0.548. The van der Waals surface area contributed by atoms with E-state index in [9.17, 15) is 9.59 Å². The summed E-state index contributed by atoms with van der Waals surface area (Å²) in [6.07, 6.45) is 0. The van der Waals surface area contributed by atoms with Crippen molar-refractivity contribution >= 4 is 11.9 Å². The first kappa shape index (κ1) is 16.2. The first-order valence-electron chi connectivity index (χ1n) is 6.81. The lowest BCUT2D eigenvalue weighted by atomic mass is 10.0. The van der Waals surface area contributed by atoms with E-state index in [0.717, 1.165) is 5.56 Å². The SMILES string of the molecule is CCN(C(C)=O)[C@@H](C(=O)OC(C)(C)C)c1ccccc1. The first-order chi connectivity index (χ1) is 9.26. The molecule has 0 heterocycles. The summed E-state index contributed by atoms with van der Waals surface area (Å²) in [7, 11) is 0. The van der Waals surface area contributed by atoms with Crippen LogP contribution in [0.4, 0.5) is 0 Å². The van der Waals surface area contributed by atoms with Gasteiger partial charge < -0.3 is 9.64 Å². The lowest BCUT2D eigenvalue weighted by Crippen LogP contribution is -2.40. The Labute approximate surface area is 120 Å². The largest absolute Gasteiger partial charge is 0.458 e. The van der Waals surface area contributed by atoms with Crippen LogP contribution in [-0.2, 0) is 14.3 Å². The third-order valence-electron chi connectivity index (χ3n) is 2.80. The molecule has 4 heteroatoms. The second-order valence-electron chi connectivity index (χ2n) is 5.65. The molecule has 0 aliphatic carbocycles. The van der Waals surface area contributed by atoms with Crippen LogP contribution in [0.1, 0.15) is 46.2 Å². The zero-order chi connectivity index (χ0) is 15.3. The molecule has 4 nitrogen and oxygen atoms in total. The van der Waals surface area contributed by atoms with Crippen molar-refractivity contribution in [3.63, 3.8) is 0 Å². The Morgan fingerprint density at radius 2 is 1.75 bits per heavy atom. The van der Waals surface area contributed by atoms with E-state index in [1.807, 2.05) is 58.0 Å². The van der Waals surface area contributed by atoms with Crippen LogP contribution < -0.4 is 0 Å². The summed E-state index contributed by atoms with van der Waals surface area (Å²) in [6.45, 7) is 9.21. The monoisotopic (exact) mass is 277 g/mol. The number of amides is 1. The van der Waals surface area contributed by atoms with Gasteiger partial charge in [-0.15, -0.1) is 0 Å². The summed E-state index contributed by atoms with van der Waals surface area (Å²) in [5, 5.41) is 0. The summed E-state index contributed by atoms with van der Waals surface area (Å²) < 4.78 is 5.45. The average Bonchev–Trinajstić information content (AvgIpc) is 2.33. The molecule has 1 amide bonds. The number of rotatable bonds is 4. The third-order valence-corrected chi connectivity index (χ3v) is 2.80. The van der Waals surface area contributed by atoms with E-state index in [0.29, 0.717) is 6.54 Å². The number of carbonyl (C=O) groups is 2. The van der Waals surface area contributed by atoms with Crippen molar-refractivity contribution < 1.29 is 14.3 Å². The Kier molecular flexibility index (Phi) is 5.31. The van der Waals surface area contributed by atoms with E-state index in [4.69, 9.17) is 4.74 Å². The number of likely N-dealkylation sites (N-methyl/N-ethyl adjacent to an activating group) is 1. The Morgan fingerprint density at radius 1 is 1.20 bits per heavy atom. The van der Waals surface area contributed by atoms with E-state index in [1.54, 1.807) is 0 Å². The summed E-state index contributed by atoms with van der Waals surface area (Å²) >= 11 is 0. The molecule has 0 unspecified atom stereocenters. The molecule has 0 saturated carbocycles. The van der Waals surface area contributed by atoms with Crippen LogP contribution in [0.25, 0.3) is 0 Å². The fourth-order valence-corrected chi connectivity index (χ4v) is 2.02. The Morgan fingerprint density at radius 3 is 2.15 bits per heavy atom. The second kappa shape index (κ2) is 6.55. The number of nitrogens with zero attached hydrogens (tertiary/aromatic N) is 1. The molecule has 0 N–H and O–H groups in total. The molecule has 0 spiro atoms. The summed E-state index contributed by atoms with van der Waals surface area (Å²) in [6, 6.07) is 8.54. The molecule has 0 aromatic heterocycles. The topological polar surface area (TPSA) is 46.6 Å². The molecule has 1 atom stereocenters. The van der Waals surface area contributed by atoms with Gasteiger partial charge in [0.15, 0.2) is 6.04 Å². The zero-order valence-corrected chi connectivity index (χ0v) is 12.8. The zero-order valence-electron chi connectivity index (χ0n) is 12.8. The van der Waals surface area contributed by atoms with Gasteiger partial charge in [-0.1, -0.05) is 30.3 Å². The van der Waals surface area contributed by atoms with Gasteiger partial charge in [-0.3, -0.25) is 4.79 Å². The predicted octanol–water partition coefficient (Wildman–Crippen LogP) is 2.94. The molecule has 0 fully saturated rings. The lowest BCUT2D eigenvalue weighted by molar-refractivity contribution is -0.164. The van der Waals surface area contributed by atoms with Gasteiger partial charge in [-0.05, 0) is 33.3 Å². The van der Waals surface area contributed by atoms with E-state index >= 15 is 0 Å². The fraction of sp³-hybridized carbons (Fsp3) is 0.500. The first-order valence-corrected chi connectivity index (χ1v) is 6.81. The molecule has 0 saturated heterocycles. The molecule has 110 valence electrons. The van der Waals surface area contributed by atoms with Crippen LogP contribution in [0.3, 0.4) is 0 Å². The van der Waals surface area contributed by atoms with E-state index < -0.39 is 17.6 Å². The number of esters is 1. The highest BCUT2D eigenvalue weighted by Crippen LogP contribution is 2.24. The predicted molar refractivity (Wildman–Crippen MR) is 78.1 cm³/mol. The van der Waals surface area contributed by atoms with Crippen molar-refractivity contribution in [1.29, 1.82) is 0 Å². The van der Waals surface area contributed by atoms with E-state index in [2.05, 4.69) is 0 Å².